The standard InChI is InChI=1S/C13H18N2O5.C2H6/c1-13(2,3)20-12(16)14-7-8-19-11-6-4-5-10(9-11)15(17)18;1-2/h4-6,9H,7-8H2,1-3H3,(H,14,16);1-2H3. The summed E-state index contributed by atoms with van der Waals surface area (Å²) in [6.45, 7) is 9.75. The molecule has 1 N–H and O–H groups in total. The molecule has 0 aromatic heterocycles. The molecular formula is C15H24N2O5. The number of rotatable bonds is 5. The number of amides is 1. The van der Waals surface area contributed by atoms with E-state index in [0.29, 0.717) is 5.75 Å². The highest BCUT2D eigenvalue weighted by Crippen LogP contribution is 2.18. The molecule has 0 saturated heterocycles. The van der Waals surface area contributed by atoms with E-state index in [1.54, 1.807) is 26.8 Å². The Kier molecular flexibility index (Phi) is 8.59. The zero-order valence-electron chi connectivity index (χ0n) is 13.7. The van der Waals surface area contributed by atoms with Crippen LogP contribution in [-0.2, 0) is 4.74 Å². The van der Waals surface area contributed by atoms with E-state index < -0.39 is 16.6 Å². The normalized spacial score (nSPS) is 10.0. The van der Waals surface area contributed by atoms with Crippen molar-refractivity contribution in [2.24, 2.45) is 0 Å². The van der Waals surface area contributed by atoms with Gasteiger partial charge < -0.3 is 14.8 Å². The number of nitro benzene ring substituents is 1. The summed E-state index contributed by atoms with van der Waals surface area (Å²) < 4.78 is 10.3. The van der Waals surface area contributed by atoms with Crippen molar-refractivity contribution in [3.63, 3.8) is 0 Å². The summed E-state index contributed by atoms with van der Waals surface area (Å²) in [5, 5.41) is 13.1. The highest BCUT2D eigenvalue weighted by molar-refractivity contribution is 5.67. The number of carbonyl (C=O) groups is 1. The van der Waals surface area contributed by atoms with E-state index in [1.807, 2.05) is 13.8 Å². The number of alkyl carbamates (subject to hydrolysis) is 1. The van der Waals surface area contributed by atoms with Gasteiger partial charge in [-0.25, -0.2) is 4.79 Å². The van der Waals surface area contributed by atoms with Gasteiger partial charge in [0.05, 0.1) is 17.5 Å². The molecule has 0 atom stereocenters. The van der Waals surface area contributed by atoms with Crippen LogP contribution in [0.5, 0.6) is 5.75 Å². The lowest BCUT2D eigenvalue weighted by molar-refractivity contribution is -0.384. The molecule has 0 aliphatic heterocycles. The molecule has 0 bridgehead atoms. The molecule has 1 rings (SSSR count). The Bertz CT molecular complexity index is 483. The lowest BCUT2D eigenvalue weighted by Gasteiger charge is -2.19. The van der Waals surface area contributed by atoms with Crippen molar-refractivity contribution in [2.45, 2.75) is 40.2 Å². The maximum atomic E-state index is 11.3. The summed E-state index contributed by atoms with van der Waals surface area (Å²) in [5.74, 6) is 0.380. The molecule has 0 spiro atoms. The Morgan fingerprint density at radius 2 is 1.95 bits per heavy atom. The molecule has 0 unspecified atom stereocenters. The fraction of sp³-hybridized carbons (Fsp3) is 0.533. The zero-order chi connectivity index (χ0) is 17.2. The Balaban J connectivity index is 0.00000211. The Morgan fingerprint density at radius 1 is 1.32 bits per heavy atom. The predicted molar refractivity (Wildman–Crippen MR) is 84.2 cm³/mol. The fourth-order valence-corrected chi connectivity index (χ4v) is 1.32. The molecule has 0 saturated carbocycles. The van der Waals surface area contributed by atoms with Gasteiger partial charge in [-0.05, 0) is 26.8 Å². The predicted octanol–water partition coefficient (Wildman–Crippen LogP) is 3.52. The van der Waals surface area contributed by atoms with E-state index in [4.69, 9.17) is 9.47 Å². The molecule has 0 fully saturated rings. The van der Waals surface area contributed by atoms with Crippen molar-refractivity contribution in [3.8, 4) is 5.75 Å². The lowest BCUT2D eigenvalue weighted by atomic mass is 10.2. The van der Waals surface area contributed by atoms with E-state index >= 15 is 0 Å². The molecular weight excluding hydrogens is 288 g/mol. The van der Waals surface area contributed by atoms with Crippen LogP contribution in [0.15, 0.2) is 24.3 Å². The topological polar surface area (TPSA) is 90.7 Å². The Morgan fingerprint density at radius 3 is 2.50 bits per heavy atom. The van der Waals surface area contributed by atoms with Crippen LogP contribution >= 0.6 is 0 Å². The monoisotopic (exact) mass is 312 g/mol. The maximum Gasteiger partial charge on any atom is 0.407 e. The smallest absolute Gasteiger partial charge is 0.407 e. The van der Waals surface area contributed by atoms with Crippen molar-refractivity contribution in [3.05, 3.63) is 34.4 Å². The third kappa shape index (κ3) is 8.78. The third-order valence-electron chi connectivity index (χ3n) is 2.07. The quantitative estimate of drug-likeness (QED) is 0.510. The Labute approximate surface area is 130 Å². The summed E-state index contributed by atoms with van der Waals surface area (Å²) >= 11 is 0. The number of nitrogens with one attached hydrogen (secondary N) is 1. The highest BCUT2D eigenvalue weighted by atomic mass is 16.6. The number of nitro groups is 1. The van der Waals surface area contributed by atoms with Crippen molar-refractivity contribution in [1.29, 1.82) is 0 Å². The molecule has 0 heterocycles. The summed E-state index contributed by atoms with van der Waals surface area (Å²) in [4.78, 5) is 21.4. The average molecular weight is 312 g/mol. The molecule has 1 aromatic rings. The van der Waals surface area contributed by atoms with Gasteiger partial charge in [0.15, 0.2) is 0 Å². The van der Waals surface area contributed by atoms with Gasteiger partial charge in [-0.1, -0.05) is 19.9 Å². The van der Waals surface area contributed by atoms with Gasteiger partial charge in [-0.3, -0.25) is 10.1 Å². The summed E-state index contributed by atoms with van der Waals surface area (Å²) in [5.41, 5.74) is -0.590. The minimum absolute atomic E-state index is 0.0393. The number of hydrogen-bond donors (Lipinski definition) is 1. The van der Waals surface area contributed by atoms with Crippen molar-refractivity contribution in [2.75, 3.05) is 13.2 Å². The first kappa shape index (κ1) is 19.7. The van der Waals surface area contributed by atoms with Crippen LogP contribution in [-0.4, -0.2) is 29.8 Å². The van der Waals surface area contributed by atoms with Crippen LogP contribution in [0.4, 0.5) is 10.5 Å². The number of benzene rings is 1. The maximum absolute atomic E-state index is 11.3. The first-order valence-electron chi connectivity index (χ1n) is 7.12. The highest BCUT2D eigenvalue weighted by Gasteiger charge is 2.15. The first-order valence-corrected chi connectivity index (χ1v) is 7.12. The fourth-order valence-electron chi connectivity index (χ4n) is 1.32. The number of non-ortho nitro benzene ring substituents is 1. The number of ether oxygens (including phenoxy) is 2. The second-order valence-electron chi connectivity index (χ2n) is 5.03. The molecule has 0 aliphatic carbocycles. The zero-order valence-corrected chi connectivity index (χ0v) is 13.7. The minimum Gasteiger partial charge on any atom is -0.491 e. The van der Waals surface area contributed by atoms with Crippen LogP contribution in [0.25, 0.3) is 0 Å². The number of hydrogen-bond acceptors (Lipinski definition) is 5. The second kappa shape index (κ2) is 9.59. The van der Waals surface area contributed by atoms with Gasteiger partial charge in [-0.15, -0.1) is 0 Å². The largest absolute Gasteiger partial charge is 0.491 e. The van der Waals surface area contributed by atoms with Crippen LogP contribution in [0.1, 0.15) is 34.6 Å². The minimum atomic E-state index is -0.551. The summed E-state index contributed by atoms with van der Waals surface area (Å²) in [6.07, 6.45) is -0.528. The third-order valence-corrected chi connectivity index (χ3v) is 2.07. The molecule has 1 amide bonds. The van der Waals surface area contributed by atoms with E-state index in [-0.39, 0.29) is 18.8 Å². The van der Waals surface area contributed by atoms with Crippen LogP contribution < -0.4 is 10.1 Å². The molecule has 22 heavy (non-hydrogen) atoms. The first-order chi connectivity index (χ1) is 10.3. The number of carbonyl (C=O) groups excluding carboxylic acids is 1. The van der Waals surface area contributed by atoms with Crippen molar-refractivity contribution in [1.82, 2.24) is 5.32 Å². The van der Waals surface area contributed by atoms with Crippen LogP contribution in [0.2, 0.25) is 0 Å². The van der Waals surface area contributed by atoms with Gasteiger partial charge in [0.2, 0.25) is 0 Å². The van der Waals surface area contributed by atoms with E-state index in [9.17, 15) is 14.9 Å². The van der Waals surface area contributed by atoms with Gasteiger partial charge in [0.1, 0.15) is 18.0 Å². The van der Waals surface area contributed by atoms with E-state index in [0.717, 1.165) is 0 Å². The SMILES string of the molecule is CC.CC(C)(C)OC(=O)NCCOc1cccc([N+](=O)[O-])c1. The molecule has 124 valence electrons. The number of nitrogens with zero attached hydrogens (tertiary/aromatic N) is 1. The molecule has 0 aliphatic rings. The van der Waals surface area contributed by atoms with Gasteiger partial charge >= 0.3 is 6.09 Å². The molecule has 7 heteroatoms. The molecule has 7 nitrogen and oxygen atoms in total. The van der Waals surface area contributed by atoms with Gasteiger partial charge in [-0.2, -0.15) is 0 Å². The van der Waals surface area contributed by atoms with Crippen molar-refractivity contribution < 1.29 is 19.2 Å². The van der Waals surface area contributed by atoms with Gasteiger partial charge in [0, 0.05) is 6.07 Å². The van der Waals surface area contributed by atoms with Crippen LogP contribution in [0.3, 0.4) is 0 Å². The molecule has 0 radical (unpaired) electrons. The van der Waals surface area contributed by atoms with Gasteiger partial charge in [0.25, 0.3) is 5.69 Å². The molecule has 1 aromatic carbocycles. The van der Waals surface area contributed by atoms with Crippen LogP contribution in [0, 0.1) is 10.1 Å². The lowest BCUT2D eigenvalue weighted by Crippen LogP contribution is -2.34. The van der Waals surface area contributed by atoms with E-state index in [1.165, 1.54) is 18.2 Å². The average Bonchev–Trinajstić information content (AvgIpc) is 2.44. The Hall–Kier alpha value is -2.31. The summed E-state index contributed by atoms with van der Waals surface area (Å²) in [6, 6.07) is 5.86. The van der Waals surface area contributed by atoms with E-state index in [2.05, 4.69) is 5.32 Å². The second-order valence-corrected chi connectivity index (χ2v) is 5.03. The van der Waals surface area contributed by atoms with Crippen molar-refractivity contribution >= 4 is 11.8 Å². The summed E-state index contributed by atoms with van der Waals surface area (Å²) in [7, 11) is 0.